The zero-order valence-electron chi connectivity index (χ0n) is 15.0. The number of rotatable bonds is 10. The normalized spacial score (nSPS) is 13.4. The molecule has 0 saturated heterocycles. The molecule has 0 spiro atoms. The number of thiazole rings is 1. The van der Waals surface area contributed by atoms with Crippen LogP contribution in [-0.2, 0) is 4.84 Å². The van der Waals surface area contributed by atoms with Crippen LogP contribution in [0, 0.1) is 0 Å². The van der Waals surface area contributed by atoms with E-state index in [9.17, 15) is 0 Å². The first-order valence-electron chi connectivity index (χ1n) is 8.28. The van der Waals surface area contributed by atoms with Gasteiger partial charge in [-0.2, -0.15) is 0 Å². The lowest BCUT2D eigenvalue weighted by Crippen LogP contribution is -2.26. The number of nitrogens with zero attached hydrogens (tertiary/aromatic N) is 3. The number of benzene rings is 1. The number of nitrogens with two attached hydrogens (primary N) is 3. The van der Waals surface area contributed by atoms with E-state index in [0.29, 0.717) is 34.7 Å². The van der Waals surface area contributed by atoms with Crippen molar-refractivity contribution < 1.29 is 14.7 Å². The van der Waals surface area contributed by atoms with Crippen LogP contribution in [0.25, 0.3) is 0 Å². The van der Waals surface area contributed by atoms with E-state index in [4.69, 9.17) is 31.9 Å². The van der Waals surface area contributed by atoms with Gasteiger partial charge in [-0.15, -0.1) is 11.3 Å². The van der Waals surface area contributed by atoms with E-state index in [2.05, 4.69) is 15.1 Å². The Morgan fingerprint density at radius 3 is 2.63 bits per heavy atom. The summed E-state index contributed by atoms with van der Waals surface area (Å²) in [4.78, 5) is 13.5. The first-order chi connectivity index (χ1) is 13.0. The minimum Gasteiger partial charge on any atom is -0.490 e. The summed E-state index contributed by atoms with van der Waals surface area (Å²) in [6.07, 6.45) is 0. The maximum atomic E-state index is 9.11. The van der Waals surface area contributed by atoms with Crippen LogP contribution in [0.3, 0.4) is 0 Å². The number of oxime groups is 1. The summed E-state index contributed by atoms with van der Waals surface area (Å²) in [6, 6.07) is 6.73. The zero-order chi connectivity index (χ0) is 19.6. The van der Waals surface area contributed by atoms with Crippen molar-refractivity contribution in [1.82, 2.24) is 4.98 Å². The van der Waals surface area contributed by atoms with Crippen LogP contribution in [0.15, 0.2) is 39.8 Å². The smallest absolute Gasteiger partial charge is 0.180 e. The molecule has 9 nitrogen and oxygen atoms in total. The van der Waals surface area contributed by atoms with Gasteiger partial charge in [0.2, 0.25) is 0 Å². The molecule has 10 heteroatoms. The largest absolute Gasteiger partial charge is 0.490 e. The summed E-state index contributed by atoms with van der Waals surface area (Å²) in [5, 5.41) is 15.4. The summed E-state index contributed by atoms with van der Waals surface area (Å²) in [7, 11) is 0. The van der Waals surface area contributed by atoms with Gasteiger partial charge in [-0.1, -0.05) is 5.16 Å². The van der Waals surface area contributed by atoms with Crippen molar-refractivity contribution in [2.24, 2.45) is 21.6 Å². The van der Waals surface area contributed by atoms with E-state index in [-0.39, 0.29) is 19.8 Å². The lowest BCUT2D eigenvalue weighted by Gasteiger charge is -2.09. The Morgan fingerprint density at radius 2 is 2.04 bits per heavy atom. The Labute approximate surface area is 161 Å². The number of hydrogen-bond donors (Lipinski definition) is 4. The van der Waals surface area contributed by atoms with Gasteiger partial charge in [-0.05, 0) is 31.2 Å². The summed E-state index contributed by atoms with van der Waals surface area (Å²) in [5.74, 6) is 0.988. The molecule has 0 amide bonds. The fourth-order valence-corrected chi connectivity index (χ4v) is 2.61. The molecule has 1 heterocycles. The molecule has 1 aromatic carbocycles. The average molecular weight is 392 g/mol. The molecule has 0 radical (unpaired) electrons. The molecular formula is C17H24N6O3S. The molecular weight excluding hydrogens is 368 g/mol. The van der Waals surface area contributed by atoms with E-state index >= 15 is 0 Å². The Kier molecular flexibility index (Phi) is 7.99. The standard InChI is InChI=1S/C17H24N6O3S/c1-11(15-10-27-17(20)22-15)23-26-7-6-25-14-4-2-12(3-5-14)16(19)21-13(8-18)9-24/h2-5,10,13,24H,6-9,18H2,1H3,(H2,19,21)(H2,20,22)/b23-11+. The number of anilines is 1. The number of aliphatic hydroxyl groups excluding tert-OH is 1. The second-order valence-electron chi connectivity index (χ2n) is 5.54. The first-order valence-corrected chi connectivity index (χ1v) is 9.16. The predicted octanol–water partition coefficient (Wildman–Crippen LogP) is 0.570. The van der Waals surface area contributed by atoms with E-state index in [1.165, 1.54) is 11.3 Å². The van der Waals surface area contributed by atoms with Crippen molar-refractivity contribution in [3.05, 3.63) is 40.9 Å². The number of hydrogen-bond acceptors (Lipinski definition) is 9. The number of aromatic nitrogens is 1. The third-order valence-corrected chi connectivity index (χ3v) is 4.17. The molecule has 0 aliphatic rings. The van der Waals surface area contributed by atoms with Crippen LogP contribution in [0.1, 0.15) is 18.2 Å². The first kappa shape index (κ1) is 20.6. The average Bonchev–Trinajstić information content (AvgIpc) is 3.12. The maximum absolute atomic E-state index is 9.11. The third-order valence-electron chi connectivity index (χ3n) is 3.49. The second-order valence-corrected chi connectivity index (χ2v) is 6.43. The Bertz CT molecular complexity index is 771. The summed E-state index contributed by atoms with van der Waals surface area (Å²) < 4.78 is 5.59. The molecule has 0 bridgehead atoms. The summed E-state index contributed by atoms with van der Waals surface area (Å²) >= 11 is 1.35. The van der Waals surface area contributed by atoms with Gasteiger partial charge >= 0.3 is 0 Å². The van der Waals surface area contributed by atoms with Gasteiger partial charge in [0.1, 0.15) is 29.6 Å². The number of aliphatic hydroxyl groups is 1. The van der Waals surface area contributed by atoms with Crippen LogP contribution in [-0.4, -0.2) is 54.0 Å². The Morgan fingerprint density at radius 1 is 1.30 bits per heavy atom. The molecule has 7 N–H and O–H groups in total. The molecule has 0 saturated carbocycles. The SMILES string of the molecule is C/C(=N\OCCOc1ccc(C(N)=NC(CN)CO)cc1)c1csc(N)n1. The molecule has 0 fully saturated rings. The lowest BCUT2D eigenvalue weighted by molar-refractivity contribution is 0.107. The minimum absolute atomic E-state index is 0.143. The van der Waals surface area contributed by atoms with E-state index in [0.717, 1.165) is 5.56 Å². The third kappa shape index (κ3) is 6.51. The van der Waals surface area contributed by atoms with Gasteiger partial charge in [0.25, 0.3) is 0 Å². The predicted molar refractivity (Wildman–Crippen MR) is 107 cm³/mol. The molecule has 1 unspecified atom stereocenters. The van der Waals surface area contributed by atoms with E-state index in [1.807, 2.05) is 5.38 Å². The van der Waals surface area contributed by atoms with Crippen LogP contribution >= 0.6 is 11.3 Å². The fourth-order valence-electron chi connectivity index (χ4n) is 2.00. The Balaban J connectivity index is 1.78. The molecule has 27 heavy (non-hydrogen) atoms. The number of ether oxygens (including phenoxy) is 1. The molecule has 0 aliphatic carbocycles. The fraction of sp³-hybridized carbons (Fsp3) is 0.353. The molecule has 1 atom stereocenters. The van der Waals surface area contributed by atoms with Gasteiger partial charge in [-0.3, -0.25) is 4.99 Å². The lowest BCUT2D eigenvalue weighted by atomic mass is 10.2. The van der Waals surface area contributed by atoms with Crippen LogP contribution in [0.4, 0.5) is 5.13 Å². The summed E-state index contributed by atoms with van der Waals surface area (Å²) in [6.45, 7) is 2.51. The van der Waals surface area contributed by atoms with Crippen molar-refractivity contribution in [3.63, 3.8) is 0 Å². The highest BCUT2D eigenvalue weighted by atomic mass is 32.1. The minimum atomic E-state index is -0.400. The van der Waals surface area contributed by atoms with Crippen molar-refractivity contribution in [3.8, 4) is 5.75 Å². The van der Waals surface area contributed by atoms with Crippen LogP contribution < -0.4 is 21.9 Å². The van der Waals surface area contributed by atoms with Gasteiger partial charge in [0.05, 0.1) is 12.6 Å². The molecule has 2 aromatic rings. The topological polar surface area (TPSA) is 154 Å². The van der Waals surface area contributed by atoms with Crippen LogP contribution in [0.5, 0.6) is 5.75 Å². The summed E-state index contributed by atoms with van der Waals surface area (Å²) in [5.41, 5.74) is 19.1. The molecule has 146 valence electrons. The second kappa shape index (κ2) is 10.5. The number of nitrogen functional groups attached to an aromatic ring is 1. The van der Waals surface area contributed by atoms with E-state index < -0.39 is 6.04 Å². The molecule has 2 rings (SSSR count). The number of aliphatic imine (C=N–C) groups is 1. The van der Waals surface area contributed by atoms with E-state index in [1.54, 1.807) is 31.2 Å². The van der Waals surface area contributed by atoms with Crippen molar-refractivity contribution >= 4 is 28.0 Å². The van der Waals surface area contributed by atoms with Crippen LogP contribution in [0.2, 0.25) is 0 Å². The van der Waals surface area contributed by atoms with Gasteiger partial charge in [0, 0.05) is 17.5 Å². The highest BCUT2D eigenvalue weighted by molar-refractivity contribution is 7.13. The monoisotopic (exact) mass is 392 g/mol. The van der Waals surface area contributed by atoms with Gasteiger partial charge < -0.3 is 31.9 Å². The highest BCUT2D eigenvalue weighted by Crippen LogP contribution is 2.13. The zero-order valence-corrected chi connectivity index (χ0v) is 15.9. The van der Waals surface area contributed by atoms with Gasteiger partial charge in [-0.25, -0.2) is 4.98 Å². The quantitative estimate of drug-likeness (QED) is 0.199. The maximum Gasteiger partial charge on any atom is 0.180 e. The van der Waals surface area contributed by atoms with Crippen molar-refractivity contribution in [1.29, 1.82) is 0 Å². The van der Waals surface area contributed by atoms with Gasteiger partial charge in [0.15, 0.2) is 11.7 Å². The molecule has 0 aliphatic heterocycles. The van der Waals surface area contributed by atoms with Crippen molar-refractivity contribution in [2.75, 3.05) is 32.1 Å². The van der Waals surface area contributed by atoms with Crippen molar-refractivity contribution in [2.45, 2.75) is 13.0 Å². The molecule has 1 aromatic heterocycles. The Hall–Kier alpha value is -2.69. The highest BCUT2D eigenvalue weighted by Gasteiger charge is 2.06. The number of amidine groups is 1.